The highest BCUT2D eigenvalue weighted by atomic mass is 79.9. The minimum Gasteiger partial charge on any atom is -0.347 e. The molecule has 0 fully saturated rings. The summed E-state index contributed by atoms with van der Waals surface area (Å²) in [5.74, 6) is -0.357. The predicted molar refractivity (Wildman–Crippen MR) is 98.9 cm³/mol. The van der Waals surface area contributed by atoms with Crippen LogP contribution in [0.25, 0.3) is 5.82 Å². The molecule has 3 aromatic rings. The first-order valence-corrected chi connectivity index (χ1v) is 8.86. The Balaban J connectivity index is 1.81. The third kappa shape index (κ3) is 4.51. The summed E-state index contributed by atoms with van der Waals surface area (Å²) in [7, 11) is 0. The molecule has 4 nitrogen and oxygen atoms in total. The van der Waals surface area contributed by atoms with Crippen LogP contribution < -0.4 is 5.32 Å². The van der Waals surface area contributed by atoms with E-state index in [4.69, 9.17) is 11.6 Å². The van der Waals surface area contributed by atoms with Gasteiger partial charge in [-0.2, -0.15) is 13.2 Å². The number of rotatable bonds is 4. The van der Waals surface area contributed by atoms with Crippen molar-refractivity contribution in [3.8, 4) is 5.82 Å². The lowest BCUT2D eigenvalue weighted by Gasteiger charge is -2.12. The first-order chi connectivity index (χ1) is 12.8. The molecule has 0 spiro atoms. The summed E-state index contributed by atoms with van der Waals surface area (Å²) in [4.78, 5) is 16.3. The van der Waals surface area contributed by atoms with E-state index in [0.717, 1.165) is 16.1 Å². The van der Waals surface area contributed by atoms with E-state index in [-0.39, 0.29) is 16.5 Å². The molecule has 0 unspecified atom stereocenters. The van der Waals surface area contributed by atoms with E-state index < -0.39 is 17.6 Å². The summed E-state index contributed by atoms with van der Waals surface area (Å²) in [6, 6.07) is 11.3. The predicted octanol–water partition coefficient (Wildman–Crippen LogP) is 5.24. The molecule has 0 saturated carbocycles. The molecule has 0 aliphatic heterocycles. The van der Waals surface area contributed by atoms with Gasteiger partial charge in [-0.15, -0.1) is 0 Å². The zero-order valence-electron chi connectivity index (χ0n) is 13.6. The van der Waals surface area contributed by atoms with Gasteiger partial charge < -0.3 is 5.32 Å². The Bertz CT molecular complexity index is 971. The summed E-state index contributed by atoms with van der Waals surface area (Å²) >= 11 is 9.31. The fraction of sp³-hybridized carbons (Fsp3) is 0.111. The zero-order valence-corrected chi connectivity index (χ0v) is 15.9. The van der Waals surface area contributed by atoms with Crippen LogP contribution in [0.15, 0.2) is 59.3 Å². The van der Waals surface area contributed by atoms with Crippen molar-refractivity contribution in [1.29, 1.82) is 0 Å². The van der Waals surface area contributed by atoms with Gasteiger partial charge in [0.05, 0.1) is 10.6 Å². The molecule has 2 heterocycles. The highest BCUT2D eigenvalue weighted by Crippen LogP contribution is 2.32. The lowest BCUT2D eigenvalue weighted by molar-refractivity contribution is -0.137. The van der Waals surface area contributed by atoms with Crippen molar-refractivity contribution >= 4 is 33.4 Å². The van der Waals surface area contributed by atoms with Gasteiger partial charge in [-0.1, -0.05) is 39.7 Å². The normalized spacial score (nSPS) is 11.4. The summed E-state index contributed by atoms with van der Waals surface area (Å²) in [6.45, 7) is 0.297. The number of hydrogen-bond donors (Lipinski definition) is 1. The molecule has 140 valence electrons. The van der Waals surface area contributed by atoms with Gasteiger partial charge in [0.25, 0.3) is 5.91 Å². The highest BCUT2D eigenvalue weighted by Gasteiger charge is 2.32. The van der Waals surface area contributed by atoms with E-state index in [1.165, 1.54) is 16.8 Å². The number of benzene rings is 1. The van der Waals surface area contributed by atoms with E-state index in [1.54, 1.807) is 6.07 Å². The molecule has 0 aliphatic carbocycles. The Morgan fingerprint density at radius 3 is 2.56 bits per heavy atom. The number of amides is 1. The second kappa shape index (κ2) is 7.74. The number of nitrogens with one attached hydrogen (secondary N) is 1. The van der Waals surface area contributed by atoms with Gasteiger partial charge in [0, 0.05) is 23.4 Å². The van der Waals surface area contributed by atoms with Crippen LogP contribution in [-0.4, -0.2) is 15.5 Å². The summed E-state index contributed by atoms with van der Waals surface area (Å²) in [6.07, 6.45) is -2.35. The van der Waals surface area contributed by atoms with Crippen LogP contribution in [0.3, 0.4) is 0 Å². The molecule has 0 bridgehead atoms. The van der Waals surface area contributed by atoms with Crippen molar-refractivity contribution in [2.45, 2.75) is 12.7 Å². The first-order valence-electron chi connectivity index (χ1n) is 7.69. The molecule has 0 radical (unpaired) electrons. The Morgan fingerprint density at radius 2 is 1.93 bits per heavy atom. The maximum atomic E-state index is 12.8. The molecular formula is C18H12BrClF3N3O. The summed E-state index contributed by atoms with van der Waals surface area (Å²) < 4.78 is 40.6. The zero-order chi connectivity index (χ0) is 19.6. The lowest BCUT2D eigenvalue weighted by Crippen LogP contribution is -2.25. The Morgan fingerprint density at radius 1 is 1.22 bits per heavy atom. The average Bonchev–Trinajstić information content (AvgIpc) is 3.09. The third-order valence-electron chi connectivity index (χ3n) is 3.73. The smallest absolute Gasteiger partial charge is 0.347 e. The number of carbonyl (C=O) groups excluding carboxylic acids is 1. The minimum absolute atomic E-state index is 0.0449. The van der Waals surface area contributed by atoms with Gasteiger partial charge in [0.15, 0.2) is 5.82 Å². The molecule has 0 saturated heterocycles. The number of pyridine rings is 1. The van der Waals surface area contributed by atoms with Crippen molar-refractivity contribution in [2.75, 3.05) is 0 Å². The molecule has 0 aliphatic rings. The fourth-order valence-electron chi connectivity index (χ4n) is 2.39. The van der Waals surface area contributed by atoms with Gasteiger partial charge in [-0.05, 0) is 35.9 Å². The number of carbonyl (C=O) groups is 1. The Labute approximate surface area is 166 Å². The maximum Gasteiger partial charge on any atom is 0.417 e. The molecule has 1 aromatic carbocycles. The number of aromatic nitrogens is 2. The van der Waals surface area contributed by atoms with Crippen molar-refractivity contribution in [3.05, 3.63) is 81.2 Å². The quantitative estimate of drug-likeness (QED) is 0.581. The van der Waals surface area contributed by atoms with E-state index in [1.807, 2.05) is 24.3 Å². The largest absolute Gasteiger partial charge is 0.417 e. The highest BCUT2D eigenvalue weighted by molar-refractivity contribution is 9.10. The van der Waals surface area contributed by atoms with Gasteiger partial charge in [-0.25, -0.2) is 4.98 Å². The summed E-state index contributed by atoms with van der Waals surface area (Å²) in [5.41, 5.74) is 0.154. The van der Waals surface area contributed by atoms with Gasteiger partial charge in [-0.3, -0.25) is 9.36 Å². The van der Waals surface area contributed by atoms with Gasteiger partial charge in [0.1, 0.15) is 5.69 Å². The van der Waals surface area contributed by atoms with Crippen molar-refractivity contribution in [3.63, 3.8) is 0 Å². The van der Waals surface area contributed by atoms with E-state index in [9.17, 15) is 18.0 Å². The standard InChI is InChI=1S/C18H12BrClF3N3O/c19-13-5-3-11(4-6-13)9-25-17(27)15-2-1-7-26(15)16-14(20)8-12(10-24-16)18(21,22)23/h1-8,10H,9H2,(H,25,27). The fourth-order valence-corrected chi connectivity index (χ4v) is 2.91. The first kappa shape index (κ1) is 19.4. The second-order valence-electron chi connectivity index (χ2n) is 5.60. The molecule has 3 rings (SSSR count). The number of nitrogens with zero attached hydrogens (tertiary/aromatic N) is 2. The molecular weight excluding hydrogens is 447 g/mol. The molecule has 27 heavy (non-hydrogen) atoms. The van der Waals surface area contributed by atoms with Crippen LogP contribution in [0.4, 0.5) is 13.2 Å². The number of alkyl halides is 3. The Hall–Kier alpha value is -2.32. The average molecular weight is 459 g/mol. The molecule has 2 aromatic heterocycles. The van der Waals surface area contributed by atoms with Gasteiger partial charge >= 0.3 is 6.18 Å². The van der Waals surface area contributed by atoms with Crippen LogP contribution in [0, 0.1) is 0 Å². The van der Waals surface area contributed by atoms with Crippen molar-refractivity contribution in [1.82, 2.24) is 14.9 Å². The Kier molecular flexibility index (Phi) is 5.57. The van der Waals surface area contributed by atoms with Crippen LogP contribution in [0.5, 0.6) is 0 Å². The lowest BCUT2D eigenvalue weighted by atomic mass is 10.2. The SMILES string of the molecule is O=C(NCc1ccc(Br)cc1)c1cccn1-c1ncc(C(F)(F)F)cc1Cl. The van der Waals surface area contributed by atoms with Crippen LogP contribution in [-0.2, 0) is 12.7 Å². The molecule has 1 N–H and O–H groups in total. The third-order valence-corrected chi connectivity index (χ3v) is 4.53. The number of halogens is 5. The molecule has 1 amide bonds. The van der Waals surface area contributed by atoms with Gasteiger partial charge in [0.2, 0.25) is 0 Å². The molecule has 0 atom stereocenters. The van der Waals surface area contributed by atoms with Crippen molar-refractivity contribution in [2.24, 2.45) is 0 Å². The minimum atomic E-state index is -4.54. The topological polar surface area (TPSA) is 46.9 Å². The van der Waals surface area contributed by atoms with E-state index in [0.29, 0.717) is 12.7 Å². The van der Waals surface area contributed by atoms with E-state index >= 15 is 0 Å². The van der Waals surface area contributed by atoms with Crippen molar-refractivity contribution < 1.29 is 18.0 Å². The maximum absolute atomic E-state index is 12.8. The summed E-state index contributed by atoms with van der Waals surface area (Å²) in [5, 5.41) is 2.55. The van der Waals surface area contributed by atoms with Crippen LogP contribution in [0.1, 0.15) is 21.6 Å². The van der Waals surface area contributed by atoms with Crippen LogP contribution >= 0.6 is 27.5 Å². The number of hydrogen-bond acceptors (Lipinski definition) is 2. The molecule has 9 heteroatoms. The van der Waals surface area contributed by atoms with Crippen LogP contribution in [0.2, 0.25) is 5.02 Å². The van der Waals surface area contributed by atoms with E-state index in [2.05, 4.69) is 26.2 Å². The monoisotopic (exact) mass is 457 g/mol. The second-order valence-corrected chi connectivity index (χ2v) is 6.92.